The van der Waals surface area contributed by atoms with Gasteiger partial charge in [0.2, 0.25) is 10.0 Å². The van der Waals surface area contributed by atoms with E-state index in [4.69, 9.17) is 5.73 Å². The van der Waals surface area contributed by atoms with Gasteiger partial charge in [-0.2, -0.15) is 0 Å². The Morgan fingerprint density at radius 2 is 1.92 bits per heavy atom. The minimum Gasteiger partial charge on any atom is -0.342 e. The molecule has 6 nitrogen and oxygen atoms in total. The number of carbonyl (C=O) groups excluding carboxylic acids is 1. The molecule has 1 atom stereocenters. The summed E-state index contributed by atoms with van der Waals surface area (Å²) in [7, 11) is -1.66. The Kier molecular flexibility index (Phi) is 8.74. The number of nitrogens with two attached hydrogens (primary N) is 1. The van der Waals surface area contributed by atoms with Crippen LogP contribution in [0.5, 0.6) is 0 Å². The predicted octanol–water partition coefficient (Wildman–Crippen LogP) is 2.23. The first kappa shape index (κ1) is 22.7. The summed E-state index contributed by atoms with van der Waals surface area (Å²) >= 11 is 0. The van der Waals surface area contributed by atoms with Crippen LogP contribution in [0, 0.1) is 12.8 Å². The molecule has 0 aliphatic heterocycles. The molecular weight excluding hydrogens is 350 g/mol. The molecule has 1 amide bonds. The molecule has 0 radical (unpaired) electrons. The third kappa shape index (κ3) is 7.07. The summed E-state index contributed by atoms with van der Waals surface area (Å²) in [4.78, 5) is 14.1. The number of amides is 1. The van der Waals surface area contributed by atoms with Crippen LogP contribution >= 0.6 is 12.4 Å². The van der Waals surface area contributed by atoms with E-state index in [9.17, 15) is 13.2 Å². The summed E-state index contributed by atoms with van der Waals surface area (Å²) < 4.78 is 25.2. The zero-order valence-corrected chi connectivity index (χ0v) is 16.5. The van der Waals surface area contributed by atoms with Gasteiger partial charge in [0, 0.05) is 25.2 Å². The van der Waals surface area contributed by atoms with Gasteiger partial charge in [-0.15, -0.1) is 12.4 Å². The smallest absolute Gasteiger partial charge is 0.253 e. The van der Waals surface area contributed by atoms with Crippen LogP contribution in [0.3, 0.4) is 0 Å². The number of anilines is 1. The van der Waals surface area contributed by atoms with Gasteiger partial charge >= 0.3 is 0 Å². The number of nitrogens with one attached hydrogen (secondary N) is 1. The topological polar surface area (TPSA) is 92.5 Å². The maximum Gasteiger partial charge on any atom is 0.253 e. The van der Waals surface area contributed by atoms with Crippen LogP contribution in [0.15, 0.2) is 18.2 Å². The summed E-state index contributed by atoms with van der Waals surface area (Å²) in [5, 5.41) is 0. The number of rotatable bonds is 7. The molecule has 0 fully saturated rings. The number of benzene rings is 1. The fourth-order valence-corrected chi connectivity index (χ4v) is 2.68. The molecule has 1 aromatic carbocycles. The van der Waals surface area contributed by atoms with E-state index in [0.29, 0.717) is 23.7 Å². The number of sulfonamides is 1. The minimum atomic E-state index is -3.38. The van der Waals surface area contributed by atoms with Crippen molar-refractivity contribution in [2.45, 2.75) is 33.2 Å². The van der Waals surface area contributed by atoms with Gasteiger partial charge in [0.15, 0.2) is 0 Å². The molecule has 3 N–H and O–H groups in total. The molecule has 1 rings (SSSR count). The molecule has 24 heavy (non-hydrogen) atoms. The molecule has 1 unspecified atom stereocenters. The lowest BCUT2D eigenvalue weighted by Gasteiger charge is -2.22. The molecule has 0 aromatic heterocycles. The molecule has 0 aliphatic carbocycles. The number of aryl methyl sites for hydroxylation is 1. The largest absolute Gasteiger partial charge is 0.342 e. The van der Waals surface area contributed by atoms with Gasteiger partial charge < -0.3 is 10.6 Å². The van der Waals surface area contributed by atoms with Gasteiger partial charge in [0.05, 0.1) is 11.9 Å². The number of hydrogen-bond acceptors (Lipinski definition) is 4. The number of hydrogen-bond donors (Lipinski definition) is 2. The van der Waals surface area contributed by atoms with Crippen molar-refractivity contribution in [3.05, 3.63) is 29.3 Å². The second-order valence-corrected chi connectivity index (χ2v) is 8.08. The zero-order chi connectivity index (χ0) is 17.8. The normalized spacial score (nSPS) is 12.5. The summed E-state index contributed by atoms with van der Waals surface area (Å²) in [6, 6.07) is 5.04. The molecule has 0 saturated heterocycles. The monoisotopic (exact) mass is 377 g/mol. The molecule has 0 saturated carbocycles. The lowest BCUT2D eigenvalue weighted by atomic mass is 10.0. The molecule has 0 spiro atoms. The molecule has 0 aliphatic rings. The van der Waals surface area contributed by atoms with E-state index in [1.807, 2.05) is 0 Å². The van der Waals surface area contributed by atoms with Crippen LogP contribution in [-0.4, -0.2) is 45.1 Å². The molecular formula is C16H28ClN3O3S. The van der Waals surface area contributed by atoms with E-state index in [-0.39, 0.29) is 24.4 Å². The summed E-state index contributed by atoms with van der Waals surface area (Å²) in [6.45, 7) is 6.44. The predicted molar refractivity (Wildman–Crippen MR) is 101 cm³/mol. The summed E-state index contributed by atoms with van der Waals surface area (Å²) in [6.07, 6.45) is 1.81. The first-order chi connectivity index (χ1) is 10.5. The second-order valence-electron chi connectivity index (χ2n) is 6.33. The maximum atomic E-state index is 12.5. The molecule has 1 aromatic rings. The van der Waals surface area contributed by atoms with Crippen molar-refractivity contribution in [3.63, 3.8) is 0 Å². The number of carbonyl (C=O) groups is 1. The van der Waals surface area contributed by atoms with Crippen molar-refractivity contribution in [1.29, 1.82) is 0 Å². The number of nitrogens with zero attached hydrogens (tertiary/aromatic N) is 1. The fraction of sp³-hybridized carbons (Fsp3) is 0.562. The Balaban J connectivity index is 0.00000529. The van der Waals surface area contributed by atoms with Crippen LogP contribution in [0.4, 0.5) is 5.69 Å². The van der Waals surface area contributed by atoms with E-state index in [1.54, 1.807) is 37.1 Å². The quantitative estimate of drug-likeness (QED) is 0.762. The molecule has 138 valence electrons. The highest BCUT2D eigenvalue weighted by atomic mass is 35.5. The second kappa shape index (κ2) is 9.25. The van der Waals surface area contributed by atoms with Gasteiger partial charge in [-0.3, -0.25) is 9.52 Å². The average Bonchev–Trinajstić information content (AvgIpc) is 2.44. The molecule has 0 heterocycles. The van der Waals surface area contributed by atoms with Crippen LogP contribution < -0.4 is 10.5 Å². The van der Waals surface area contributed by atoms with Gasteiger partial charge in [-0.25, -0.2) is 8.42 Å². The highest BCUT2D eigenvalue weighted by molar-refractivity contribution is 7.92. The zero-order valence-electron chi connectivity index (χ0n) is 14.9. The SMILES string of the molecule is Cc1ccc(C(=O)N(C)CCC(N)C(C)C)cc1NS(C)(=O)=O.Cl. The Bertz CT molecular complexity index is 663. The van der Waals surface area contributed by atoms with E-state index in [1.165, 1.54) is 0 Å². The number of halogens is 1. The van der Waals surface area contributed by atoms with Crippen LogP contribution in [0.1, 0.15) is 36.2 Å². The lowest BCUT2D eigenvalue weighted by molar-refractivity contribution is 0.0789. The van der Waals surface area contributed by atoms with Gasteiger partial charge in [0.25, 0.3) is 5.91 Å². The van der Waals surface area contributed by atoms with Crippen molar-refractivity contribution in [1.82, 2.24) is 4.90 Å². The highest BCUT2D eigenvalue weighted by Crippen LogP contribution is 2.19. The molecule has 8 heteroatoms. The van der Waals surface area contributed by atoms with Crippen molar-refractivity contribution in [2.75, 3.05) is 24.6 Å². The average molecular weight is 378 g/mol. The third-order valence-corrected chi connectivity index (χ3v) is 4.37. The first-order valence-corrected chi connectivity index (χ1v) is 9.50. The Morgan fingerprint density at radius 3 is 2.42 bits per heavy atom. The van der Waals surface area contributed by atoms with Gasteiger partial charge in [0.1, 0.15) is 0 Å². The van der Waals surface area contributed by atoms with Crippen LogP contribution in [0.25, 0.3) is 0 Å². The van der Waals surface area contributed by atoms with Gasteiger partial charge in [-0.1, -0.05) is 19.9 Å². The summed E-state index contributed by atoms with van der Waals surface area (Å²) in [5.41, 5.74) is 7.63. The lowest BCUT2D eigenvalue weighted by Crippen LogP contribution is -2.34. The highest BCUT2D eigenvalue weighted by Gasteiger charge is 2.16. The van der Waals surface area contributed by atoms with Crippen molar-refractivity contribution in [3.8, 4) is 0 Å². The molecule has 0 bridgehead atoms. The van der Waals surface area contributed by atoms with E-state index in [2.05, 4.69) is 18.6 Å². The third-order valence-electron chi connectivity index (χ3n) is 3.78. The van der Waals surface area contributed by atoms with E-state index >= 15 is 0 Å². The first-order valence-electron chi connectivity index (χ1n) is 7.60. The minimum absolute atomic E-state index is 0. The van der Waals surface area contributed by atoms with Crippen molar-refractivity contribution in [2.24, 2.45) is 11.7 Å². The Hall–Kier alpha value is -1.31. The van der Waals surface area contributed by atoms with E-state index in [0.717, 1.165) is 18.2 Å². The van der Waals surface area contributed by atoms with Crippen molar-refractivity contribution < 1.29 is 13.2 Å². The van der Waals surface area contributed by atoms with Gasteiger partial charge in [-0.05, 0) is 37.0 Å². The van der Waals surface area contributed by atoms with E-state index < -0.39 is 10.0 Å². The van der Waals surface area contributed by atoms with Crippen molar-refractivity contribution >= 4 is 34.0 Å². The fourth-order valence-electron chi connectivity index (χ4n) is 2.06. The standard InChI is InChI=1S/C16H27N3O3S.ClH/c1-11(2)14(17)8-9-19(4)16(20)13-7-6-12(3)15(10-13)18-23(5,21)22;/h6-7,10-11,14,18H,8-9,17H2,1-5H3;1H. The summed E-state index contributed by atoms with van der Waals surface area (Å²) in [5.74, 6) is 0.209. The Labute approximate surface area is 151 Å². The Morgan fingerprint density at radius 1 is 1.33 bits per heavy atom. The maximum absolute atomic E-state index is 12.5. The van der Waals surface area contributed by atoms with Crippen LogP contribution in [0.2, 0.25) is 0 Å². The van der Waals surface area contributed by atoms with Crippen LogP contribution in [-0.2, 0) is 10.0 Å².